The number of pyridine rings is 2. The SMILES string of the molecule is O=Cc1ccccc1-c1cc(-c2ccccn2)cn(-c2ccccc2)c1=O. The molecule has 0 atom stereocenters. The lowest BCUT2D eigenvalue weighted by atomic mass is 9.99. The highest BCUT2D eigenvalue weighted by Gasteiger charge is 2.14. The van der Waals surface area contributed by atoms with Gasteiger partial charge in [-0.25, -0.2) is 0 Å². The number of rotatable bonds is 4. The Labute approximate surface area is 156 Å². The zero-order valence-electron chi connectivity index (χ0n) is 14.4. The fourth-order valence-electron chi connectivity index (χ4n) is 3.07. The van der Waals surface area contributed by atoms with E-state index in [1.807, 2.05) is 54.6 Å². The molecule has 4 nitrogen and oxygen atoms in total. The third-order valence-electron chi connectivity index (χ3n) is 4.39. The molecule has 4 heteroatoms. The fraction of sp³-hybridized carbons (Fsp3) is 0. The molecule has 0 unspecified atom stereocenters. The minimum atomic E-state index is -0.185. The molecule has 2 aromatic heterocycles. The van der Waals surface area contributed by atoms with E-state index in [4.69, 9.17) is 0 Å². The third kappa shape index (κ3) is 3.20. The third-order valence-corrected chi connectivity index (χ3v) is 4.39. The van der Waals surface area contributed by atoms with Crippen LogP contribution in [0.3, 0.4) is 0 Å². The Morgan fingerprint density at radius 2 is 1.56 bits per heavy atom. The molecule has 0 saturated carbocycles. The van der Waals surface area contributed by atoms with Crippen LogP contribution in [0.15, 0.2) is 96.1 Å². The van der Waals surface area contributed by atoms with Crippen LogP contribution in [-0.4, -0.2) is 15.8 Å². The van der Waals surface area contributed by atoms with E-state index < -0.39 is 0 Å². The first-order valence-corrected chi connectivity index (χ1v) is 8.56. The zero-order valence-corrected chi connectivity index (χ0v) is 14.4. The highest BCUT2D eigenvalue weighted by Crippen LogP contribution is 2.25. The maximum atomic E-state index is 13.2. The van der Waals surface area contributed by atoms with E-state index in [9.17, 15) is 9.59 Å². The Morgan fingerprint density at radius 3 is 2.30 bits per heavy atom. The smallest absolute Gasteiger partial charge is 0.263 e. The quantitative estimate of drug-likeness (QED) is 0.512. The van der Waals surface area contributed by atoms with E-state index in [2.05, 4.69) is 4.98 Å². The van der Waals surface area contributed by atoms with E-state index in [1.54, 1.807) is 41.2 Å². The first-order chi connectivity index (χ1) is 13.3. The number of aldehydes is 1. The predicted octanol–water partition coefficient (Wildman–Crippen LogP) is 4.38. The van der Waals surface area contributed by atoms with Gasteiger partial charge in [0, 0.05) is 34.8 Å². The van der Waals surface area contributed by atoms with Crippen LogP contribution < -0.4 is 5.56 Å². The van der Waals surface area contributed by atoms with Gasteiger partial charge in [0.1, 0.15) is 0 Å². The van der Waals surface area contributed by atoms with Crippen molar-refractivity contribution in [2.24, 2.45) is 0 Å². The number of carbonyl (C=O) groups excluding carboxylic acids is 1. The molecule has 0 saturated heterocycles. The van der Waals surface area contributed by atoms with Crippen molar-refractivity contribution in [3.8, 4) is 28.1 Å². The summed E-state index contributed by atoms with van der Waals surface area (Å²) in [5, 5.41) is 0. The number of carbonyl (C=O) groups is 1. The van der Waals surface area contributed by atoms with Crippen molar-refractivity contribution < 1.29 is 4.79 Å². The molecule has 0 amide bonds. The maximum Gasteiger partial charge on any atom is 0.263 e. The monoisotopic (exact) mass is 352 g/mol. The van der Waals surface area contributed by atoms with Gasteiger partial charge in [-0.05, 0) is 35.9 Å². The predicted molar refractivity (Wildman–Crippen MR) is 106 cm³/mol. The summed E-state index contributed by atoms with van der Waals surface area (Å²) in [5.74, 6) is 0. The van der Waals surface area contributed by atoms with E-state index in [0.29, 0.717) is 16.7 Å². The normalized spacial score (nSPS) is 10.5. The van der Waals surface area contributed by atoms with Crippen LogP contribution in [0.2, 0.25) is 0 Å². The summed E-state index contributed by atoms with van der Waals surface area (Å²) in [6.07, 6.45) is 4.27. The summed E-state index contributed by atoms with van der Waals surface area (Å²) in [7, 11) is 0. The highest BCUT2D eigenvalue weighted by molar-refractivity contribution is 5.88. The molecule has 0 aliphatic heterocycles. The van der Waals surface area contributed by atoms with Crippen molar-refractivity contribution in [2.45, 2.75) is 0 Å². The van der Waals surface area contributed by atoms with Crippen LogP contribution in [0, 0.1) is 0 Å². The number of aromatic nitrogens is 2. The topological polar surface area (TPSA) is 52.0 Å². The van der Waals surface area contributed by atoms with Crippen LogP contribution in [0.4, 0.5) is 0 Å². The van der Waals surface area contributed by atoms with Gasteiger partial charge in [0.2, 0.25) is 0 Å². The van der Waals surface area contributed by atoms with Gasteiger partial charge in [-0.2, -0.15) is 0 Å². The van der Waals surface area contributed by atoms with Crippen LogP contribution in [0.1, 0.15) is 10.4 Å². The summed E-state index contributed by atoms with van der Waals surface area (Å²) in [6, 6.07) is 24.0. The summed E-state index contributed by atoms with van der Waals surface area (Å²) >= 11 is 0. The molecule has 2 heterocycles. The summed E-state index contributed by atoms with van der Waals surface area (Å²) in [4.78, 5) is 29.2. The molecule has 2 aromatic carbocycles. The van der Waals surface area contributed by atoms with E-state index in [1.165, 1.54) is 0 Å². The van der Waals surface area contributed by atoms with Crippen molar-refractivity contribution in [1.29, 1.82) is 0 Å². The summed E-state index contributed by atoms with van der Waals surface area (Å²) in [6.45, 7) is 0. The molecule has 27 heavy (non-hydrogen) atoms. The van der Waals surface area contributed by atoms with Gasteiger partial charge in [-0.3, -0.25) is 19.1 Å². The second-order valence-electron chi connectivity index (χ2n) is 6.07. The first-order valence-electron chi connectivity index (χ1n) is 8.56. The zero-order chi connectivity index (χ0) is 18.6. The van der Waals surface area contributed by atoms with Gasteiger partial charge in [0.25, 0.3) is 5.56 Å². The maximum absolute atomic E-state index is 13.2. The molecular formula is C23H16N2O2. The minimum Gasteiger partial charge on any atom is -0.298 e. The second kappa shape index (κ2) is 7.22. The van der Waals surface area contributed by atoms with Crippen molar-refractivity contribution in [3.63, 3.8) is 0 Å². The standard InChI is InChI=1S/C23H16N2O2/c26-16-17-8-4-5-11-20(17)21-14-18(22-12-6-7-13-24-22)15-25(23(21)27)19-9-2-1-3-10-19/h1-16H. The van der Waals surface area contributed by atoms with Gasteiger partial charge in [-0.15, -0.1) is 0 Å². The van der Waals surface area contributed by atoms with Crippen LogP contribution in [-0.2, 0) is 0 Å². The number of hydrogen-bond donors (Lipinski definition) is 0. The lowest BCUT2D eigenvalue weighted by Crippen LogP contribution is -2.20. The Hall–Kier alpha value is -3.79. The molecule has 130 valence electrons. The van der Waals surface area contributed by atoms with Crippen molar-refractivity contribution in [2.75, 3.05) is 0 Å². The van der Waals surface area contributed by atoms with Gasteiger partial charge in [-0.1, -0.05) is 48.5 Å². The molecule has 0 aliphatic rings. The van der Waals surface area contributed by atoms with Gasteiger partial charge in [0.05, 0.1) is 5.69 Å². The lowest BCUT2D eigenvalue weighted by Gasteiger charge is -2.13. The Balaban J connectivity index is 2.04. The summed E-state index contributed by atoms with van der Waals surface area (Å²) < 4.78 is 1.60. The van der Waals surface area contributed by atoms with Crippen LogP contribution in [0.5, 0.6) is 0 Å². The van der Waals surface area contributed by atoms with E-state index >= 15 is 0 Å². The van der Waals surface area contributed by atoms with Crippen molar-refractivity contribution >= 4 is 6.29 Å². The molecule has 0 radical (unpaired) electrons. The molecule has 4 aromatic rings. The van der Waals surface area contributed by atoms with E-state index in [-0.39, 0.29) is 5.56 Å². The van der Waals surface area contributed by atoms with Crippen molar-refractivity contribution in [1.82, 2.24) is 9.55 Å². The van der Waals surface area contributed by atoms with Crippen LogP contribution in [0.25, 0.3) is 28.1 Å². The highest BCUT2D eigenvalue weighted by atomic mass is 16.1. The van der Waals surface area contributed by atoms with Gasteiger partial charge in [0.15, 0.2) is 6.29 Å². The molecule has 0 bridgehead atoms. The summed E-state index contributed by atoms with van der Waals surface area (Å²) in [5.41, 5.74) is 3.68. The average molecular weight is 352 g/mol. The number of para-hydroxylation sites is 1. The van der Waals surface area contributed by atoms with Crippen molar-refractivity contribution in [3.05, 3.63) is 107 Å². The molecule has 4 rings (SSSR count). The number of hydrogen-bond acceptors (Lipinski definition) is 3. The van der Waals surface area contributed by atoms with E-state index in [0.717, 1.165) is 23.2 Å². The molecule has 0 fully saturated rings. The first kappa shape index (κ1) is 16.7. The second-order valence-corrected chi connectivity index (χ2v) is 6.07. The molecule has 0 aliphatic carbocycles. The molecule has 0 spiro atoms. The number of benzene rings is 2. The Morgan fingerprint density at radius 1 is 0.815 bits per heavy atom. The Bertz CT molecular complexity index is 1150. The minimum absolute atomic E-state index is 0.185. The lowest BCUT2D eigenvalue weighted by molar-refractivity contribution is 0.112. The fourth-order valence-corrected chi connectivity index (χ4v) is 3.07. The average Bonchev–Trinajstić information content (AvgIpc) is 2.75. The number of nitrogens with zero attached hydrogens (tertiary/aromatic N) is 2. The van der Waals surface area contributed by atoms with Gasteiger partial charge >= 0.3 is 0 Å². The molecular weight excluding hydrogens is 336 g/mol. The van der Waals surface area contributed by atoms with Gasteiger partial charge < -0.3 is 0 Å². The van der Waals surface area contributed by atoms with Crippen LogP contribution >= 0.6 is 0 Å². The Kier molecular flexibility index (Phi) is 4.45. The molecule has 0 N–H and O–H groups in total. The largest absolute Gasteiger partial charge is 0.298 e.